The first kappa shape index (κ1) is 10.7. The molecule has 0 bridgehead atoms. The number of pyridine rings is 1. The summed E-state index contributed by atoms with van der Waals surface area (Å²) in [6.07, 6.45) is 7.10. The summed E-state index contributed by atoms with van der Waals surface area (Å²) in [5, 5.41) is 0. The second kappa shape index (κ2) is 3.63. The molecule has 2 rings (SSSR count). The Morgan fingerprint density at radius 2 is 1.94 bits per heavy atom. The predicted molar refractivity (Wildman–Crippen MR) is 64.9 cm³/mol. The van der Waals surface area contributed by atoms with Crippen molar-refractivity contribution < 1.29 is 0 Å². The standard InChI is InChI=1S/C12H16N4/c1-12(2,3)16-8-15-7-11(16)9-6-14-5-4-10(9)13/h4-8H,1-3H3,(H2,13,14). The lowest BCUT2D eigenvalue weighted by atomic mass is 10.1. The van der Waals surface area contributed by atoms with Crippen LogP contribution in [-0.4, -0.2) is 14.5 Å². The molecule has 4 nitrogen and oxygen atoms in total. The zero-order chi connectivity index (χ0) is 11.8. The van der Waals surface area contributed by atoms with Gasteiger partial charge in [-0.15, -0.1) is 0 Å². The molecule has 0 aliphatic rings. The van der Waals surface area contributed by atoms with Gasteiger partial charge in [0.05, 0.1) is 18.2 Å². The second-order valence-electron chi connectivity index (χ2n) is 4.78. The van der Waals surface area contributed by atoms with Crippen LogP contribution in [0.15, 0.2) is 31.0 Å². The van der Waals surface area contributed by atoms with Crippen molar-refractivity contribution in [1.29, 1.82) is 0 Å². The Hall–Kier alpha value is -1.84. The molecule has 0 atom stereocenters. The Labute approximate surface area is 95.1 Å². The number of rotatable bonds is 1. The van der Waals surface area contributed by atoms with Crippen molar-refractivity contribution in [2.75, 3.05) is 5.73 Å². The first-order valence-electron chi connectivity index (χ1n) is 5.23. The van der Waals surface area contributed by atoms with Crippen molar-refractivity contribution in [3.05, 3.63) is 31.0 Å². The maximum Gasteiger partial charge on any atom is 0.0955 e. The van der Waals surface area contributed by atoms with Gasteiger partial charge in [0.15, 0.2) is 0 Å². The van der Waals surface area contributed by atoms with Gasteiger partial charge in [-0.3, -0.25) is 4.98 Å². The van der Waals surface area contributed by atoms with Crippen LogP contribution >= 0.6 is 0 Å². The maximum absolute atomic E-state index is 5.94. The molecule has 0 amide bonds. The van der Waals surface area contributed by atoms with Crippen molar-refractivity contribution in [2.24, 2.45) is 0 Å². The van der Waals surface area contributed by atoms with E-state index in [0.717, 1.165) is 16.9 Å². The molecule has 2 aromatic rings. The number of hydrogen-bond acceptors (Lipinski definition) is 3. The van der Waals surface area contributed by atoms with Crippen molar-refractivity contribution >= 4 is 5.69 Å². The molecule has 2 N–H and O–H groups in total. The predicted octanol–water partition coefficient (Wildman–Crippen LogP) is 2.28. The highest BCUT2D eigenvalue weighted by Crippen LogP contribution is 2.28. The zero-order valence-corrected chi connectivity index (χ0v) is 9.81. The third-order valence-corrected chi connectivity index (χ3v) is 2.49. The molecule has 16 heavy (non-hydrogen) atoms. The van der Waals surface area contributed by atoms with Crippen molar-refractivity contribution in [3.63, 3.8) is 0 Å². The number of hydrogen-bond donors (Lipinski definition) is 1. The fraction of sp³-hybridized carbons (Fsp3) is 0.333. The summed E-state index contributed by atoms with van der Waals surface area (Å²) in [6.45, 7) is 6.39. The summed E-state index contributed by atoms with van der Waals surface area (Å²) in [7, 11) is 0. The summed E-state index contributed by atoms with van der Waals surface area (Å²) in [5.74, 6) is 0. The van der Waals surface area contributed by atoms with Crippen LogP contribution in [-0.2, 0) is 5.54 Å². The minimum absolute atomic E-state index is 0.0197. The van der Waals surface area contributed by atoms with Crippen LogP contribution in [0.1, 0.15) is 20.8 Å². The fourth-order valence-electron chi connectivity index (χ4n) is 1.65. The lowest BCUT2D eigenvalue weighted by Crippen LogP contribution is -2.21. The van der Waals surface area contributed by atoms with Gasteiger partial charge in [0.25, 0.3) is 0 Å². The molecular weight excluding hydrogens is 200 g/mol. The van der Waals surface area contributed by atoms with E-state index >= 15 is 0 Å². The number of nitrogen functional groups attached to an aromatic ring is 1. The first-order valence-corrected chi connectivity index (χ1v) is 5.23. The molecule has 0 unspecified atom stereocenters. The number of nitrogens with zero attached hydrogens (tertiary/aromatic N) is 3. The Bertz CT molecular complexity index is 494. The summed E-state index contributed by atoms with van der Waals surface area (Å²) < 4.78 is 2.10. The van der Waals surface area contributed by atoms with Gasteiger partial charge >= 0.3 is 0 Å². The van der Waals surface area contributed by atoms with E-state index in [-0.39, 0.29) is 5.54 Å². The Balaban J connectivity index is 2.58. The minimum atomic E-state index is -0.0197. The van der Waals surface area contributed by atoms with E-state index in [0.29, 0.717) is 0 Å². The molecule has 0 aromatic carbocycles. The highest BCUT2D eigenvalue weighted by molar-refractivity contribution is 5.72. The van der Waals surface area contributed by atoms with Gasteiger partial charge in [0.1, 0.15) is 0 Å². The van der Waals surface area contributed by atoms with E-state index in [1.807, 2.05) is 12.5 Å². The highest BCUT2D eigenvalue weighted by Gasteiger charge is 2.18. The van der Waals surface area contributed by atoms with E-state index in [2.05, 4.69) is 35.3 Å². The monoisotopic (exact) mass is 216 g/mol. The molecule has 0 spiro atoms. The molecule has 0 saturated carbocycles. The van der Waals surface area contributed by atoms with Crippen LogP contribution in [0.3, 0.4) is 0 Å². The Morgan fingerprint density at radius 3 is 2.56 bits per heavy atom. The van der Waals surface area contributed by atoms with Gasteiger partial charge in [-0.25, -0.2) is 4.98 Å². The quantitative estimate of drug-likeness (QED) is 0.795. The lowest BCUT2D eigenvalue weighted by molar-refractivity contribution is 0.400. The Morgan fingerprint density at radius 1 is 1.19 bits per heavy atom. The smallest absolute Gasteiger partial charge is 0.0955 e. The fourth-order valence-corrected chi connectivity index (χ4v) is 1.65. The highest BCUT2D eigenvalue weighted by atomic mass is 15.1. The molecule has 0 radical (unpaired) electrons. The van der Waals surface area contributed by atoms with Crippen molar-refractivity contribution in [2.45, 2.75) is 26.3 Å². The SMILES string of the molecule is CC(C)(C)n1cncc1-c1cnccc1N. The Kier molecular flexibility index (Phi) is 2.42. The van der Waals surface area contributed by atoms with Gasteiger partial charge in [0.2, 0.25) is 0 Å². The molecule has 0 saturated heterocycles. The van der Waals surface area contributed by atoms with Gasteiger partial charge in [-0.2, -0.15) is 0 Å². The van der Waals surface area contributed by atoms with Crippen LogP contribution in [0.25, 0.3) is 11.3 Å². The number of nitrogens with two attached hydrogens (primary N) is 1. The molecule has 84 valence electrons. The third-order valence-electron chi connectivity index (χ3n) is 2.49. The number of imidazole rings is 1. The van der Waals surface area contributed by atoms with Crippen LogP contribution in [0.5, 0.6) is 0 Å². The third kappa shape index (κ3) is 1.78. The molecule has 2 aromatic heterocycles. The largest absolute Gasteiger partial charge is 0.398 e. The summed E-state index contributed by atoms with van der Waals surface area (Å²) in [6, 6.07) is 1.80. The van der Waals surface area contributed by atoms with Crippen LogP contribution < -0.4 is 5.73 Å². The van der Waals surface area contributed by atoms with Crippen LogP contribution in [0, 0.1) is 0 Å². The van der Waals surface area contributed by atoms with Gasteiger partial charge < -0.3 is 10.3 Å². The average molecular weight is 216 g/mol. The van der Waals surface area contributed by atoms with Crippen LogP contribution in [0.2, 0.25) is 0 Å². The van der Waals surface area contributed by atoms with E-state index < -0.39 is 0 Å². The average Bonchev–Trinajstić information content (AvgIpc) is 2.66. The summed E-state index contributed by atoms with van der Waals surface area (Å²) in [4.78, 5) is 8.29. The second-order valence-corrected chi connectivity index (χ2v) is 4.78. The van der Waals surface area contributed by atoms with Crippen molar-refractivity contribution in [3.8, 4) is 11.3 Å². The molecule has 0 aliphatic carbocycles. The van der Waals surface area contributed by atoms with Gasteiger partial charge in [0, 0.05) is 29.2 Å². The normalized spacial score (nSPS) is 11.7. The summed E-state index contributed by atoms with van der Waals surface area (Å²) in [5.41, 5.74) is 8.57. The van der Waals surface area contributed by atoms with Gasteiger partial charge in [-0.05, 0) is 26.8 Å². The molecule has 4 heteroatoms. The topological polar surface area (TPSA) is 56.7 Å². The van der Waals surface area contributed by atoms with E-state index in [4.69, 9.17) is 5.73 Å². The van der Waals surface area contributed by atoms with E-state index in [1.54, 1.807) is 18.5 Å². The molecule has 2 heterocycles. The van der Waals surface area contributed by atoms with Crippen LogP contribution in [0.4, 0.5) is 5.69 Å². The zero-order valence-electron chi connectivity index (χ0n) is 9.81. The molecular formula is C12H16N4. The van der Waals surface area contributed by atoms with Gasteiger partial charge in [-0.1, -0.05) is 0 Å². The number of anilines is 1. The van der Waals surface area contributed by atoms with E-state index in [1.165, 1.54) is 0 Å². The first-order chi connectivity index (χ1) is 7.50. The molecule has 0 aliphatic heterocycles. The minimum Gasteiger partial charge on any atom is -0.398 e. The summed E-state index contributed by atoms with van der Waals surface area (Å²) >= 11 is 0. The lowest BCUT2D eigenvalue weighted by Gasteiger charge is -2.23. The maximum atomic E-state index is 5.94. The van der Waals surface area contributed by atoms with E-state index in [9.17, 15) is 0 Å². The number of aromatic nitrogens is 3. The van der Waals surface area contributed by atoms with Crippen molar-refractivity contribution in [1.82, 2.24) is 14.5 Å². The molecule has 0 fully saturated rings.